The highest BCUT2D eigenvalue weighted by Crippen LogP contribution is 2.38. The smallest absolute Gasteiger partial charge is 0.433 e. The standard InChI is InChI=1S/C14H13F3N2O3.C13H11F3N2O3.CH4/c1-7-3-4-8(13(21)22-2)5-9(7)11-12(14(15,16)17)19-10(6-20)18-11;1-6-2-3-7(12(20)21)4-8(6)10-11(13(14,15)16)18-9(5-19)17-10;/h3-5,20H,6H2,1-2H3,(H,18,19);2-4,19H,5H2,1H3,(H,17,18)(H,20,21);1H4. The van der Waals surface area contributed by atoms with Crippen LogP contribution < -0.4 is 0 Å². The maximum absolute atomic E-state index is 13.1. The van der Waals surface area contributed by atoms with Crippen LogP contribution >= 0.6 is 0 Å². The number of alkyl halides is 6. The molecule has 4 aromatic rings. The van der Waals surface area contributed by atoms with E-state index in [0.717, 1.165) is 6.07 Å². The highest BCUT2D eigenvalue weighted by molar-refractivity contribution is 5.91. The summed E-state index contributed by atoms with van der Waals surface area (Å²) in [5, 5.41) is 26.9. The third-order valence-electron chi connectivity index (χ3n) is 6.03. The Hall–Kier alpha value is -4.70. The van der Waals surface area contributed by atoms with E-state index < -0.39 is 54.6 Å². The fourth-order valence-electron chi connectivity index (χ4n) is 3.93. The average molecular weight is 631 g/mol. The van der Waals surface area contributed by atoms with E-state index in [1.54, 1.807) is 13.8 Å². The van der Waals surface area contributed by atoms with Crippen molar-refractivity contribution in [2.45, 2.75) is 46.8 Å². The lowest BCUT2D eigenvalue weighted by Crippen LogP contribution is -2.08. The molecule has 238 valence electrons. The largest absolute Gasteiger partial charge is 0.478 e. The van der Waals surface area contributed by atoms with E-state index in [-0.39, 0.29) is 47.0 Å². The predicted octanol–water partition coefficient (Wildman–Crippen LogP) is 5.91. The molecular weight excluding hydrogens is 602 g/mol. The molecule has 0 aliphatic rings. The number of aromatic amines is 2. The van der Waals surface area contributed by atoms with Gasteiger partial charge in [-0.1, -0.05) is 19.6 Å². The minimum absolute atomic E-state index is 0. The SMILES string of the molecule is C.COC(=O)c1ccc(C)c(-c2nc(CO)[nH]c2C(F)(F)F)c1.Cc1ccc(C(=O)O)cc1-c1nc(CO)[nH]c1C(F)(F)F. The zero-order valence-corrected chi connectivity index (χ0v) is 22.6. The number of aliphatic hydroxyl groups is 2. The number of imidazole rings is 2. The summed E-state index contributed by atoms with van der Waals surface area (Å²) in [6.45, 7) is 1.82. The van der Waals surface area contributed by atoms with E-state index in [2.05, 4.69) is 19.7 Å². The lowest BCUT2D eigenvalue weighted by Gasteiger charge is -2.10. The van der Waals surface area contributed by atoms with Crippen LogP contribution in [-0.2, 0) is 30.3 Å². The van der Waals surface area contributed by atoms with Crippen molar-refractivity contribution in [1.29, 1.82) is 0 Å². The number of carboxylic acid groups (broad SMARTS) is 1. The number of nitrogens with one attached hydrogen (secondary N) is 2. The summed E-state index contributed by atoms with van der Waals surface area (Å²) in [6.07, 6.45) is -9.36. The molecule has 0 saturated carbocycles. The van der Waals surface area contributed by atoms with Crippen molar-refractivity contribution in [1.82, 2.24) is 19.9 Å². The molecule has 5 N–H and O–H groups in total. The lowest BCUT2D eigenvalue weighted by atomic mass is 10.0. The molecule has 0 spiro atoms. The van der Waals surface area contributed by atoms with Crippen LogP contribution in [0.1, 0.15) is 62.3 Å². The number of aromatic carboxylic acids is 1. The Balaban J connectivity index is 0.000000300. The number of carboxylic acids is 1. The van der Waals surface area contributed by atoms with Gasteiger partial charge in [-0.05, 0) is 49.2 Å². The van der Waals surface area contributed by atoms with Gasteiger partial charge in [0.15, 0.2) is 0 Å². The number of benzene rings is 2. The molecule has 0 saturated heterocycles. The highest BCUT2D eigenvalue weighted by Gasteiger charge is 2.38. The van der Waals surface area contributed by atoms with Gasteiger partial charge < -0.3 is 30.0 Å². The van der Waals surface area contributed by atoms with Gasteiger partial charge in [0, 0.05) is 11.1 Å². The molecule has 0 atom stereocenters. The second kappa shape index (κ2) is 13.7. The second-order valence-electron chi connectivity index (χ2n) is 8.98. The zero-order chi connectivity index (χ0) is 32.3. The topological polar surface area (TPSA) is 161 Å². The third kappa shape index (κ3) is 7.82. The van der Waals surface area contributed by atoms with Crippen molar-refractivity contribution in [3.8, 4) is 22.5 Å². The quantitative estimate of drug-likeness (QED) is 0.130. The van der Waals surface area contributed by atoms with Gasteiger partial charge in [-0.25, -0.2) is 19.6 Å². The predicted molar refractivity (Wildman–Crippen MR) is 144 cm³/mol. The van der Waals surface area contributed by atoms with E-state index in [1.165, 1.54) is 37.4 Å². The Bertz CT molecular complexity index is 1640. The van der Waals surface area contributed by atoms with E-state index in [1.807, 2.05) is 4.98 Å². The van der Waals surface area contributed by atoms with Crippen LogP contribution in [0.2, 0.25) is 0 Å². The van der Waals surface area contributed by atoms with E-state index in [0.29, 0.717) is 11.1 Å². The number of rotatable bonds is 6. The molecule has 0 unspecified atom stereocenters. The Morgan fingerprint density at radius 1 is 0.773 bits per heavy atom. The number of nitrogens with zero attached hydrogens (tertiary/aromatic N) is 2. The summed E-state index contributed by atoms with van der Waals surface area (Å²) >= 11 is 0. The third-order valence-corrected chi connectivity index (χ3v) is 6.03. The molecule has 4 rings (SSSR count). The molecule has 16 heteroatoms. The minimum Gasteiger partial charge on any atom is -0.478 e. The molecule has 0 fully saturated rings. The summed E-state index contributed by atoms with van der Waals surface area (Å²) in [4.78, 5) is 34.0. The number of H-pyrrole nitrogens is 2. The van der Waals surface area contributed by atoms with Crippen LogP contribution in [0.15, 0.2) is 36.4 Å². The molecule has 44 heavy (non-hydrogen) atoms. The number of methoxy groups -OCH3 is 1. The number of halogens is 6. The van der Waals surface area contributed by atoms with Gasteiger partial charge in [0.25, 0.3) is 0 Å². The Labute approximate surface area is 246 Å². The molecule has 10 nitrogen and oxygen atoms in total. The molecule has 0 aliphatic heterocycles. The van der Waals surface area contributed by atoms with Gasteiger partial charge in [0.1, 0.15) is 47.6 Å². The fourth-order valence-corrected chi connectivity index (χ4v) is 3.93. The number of hydrogen-bond donors (Lipinski definition) is 5. The maximum Gasteiger partial charge on any atom is 0.433 e. The van der Waals surface area contributed by atoms with Gasteiger partial charge in [-0.3, -0.25) is 0 Å². The summed E-state index contributed by atoms with van der Waals surface area (Å²) in [7, 11) is 1.18. The number of aliphatic hydroxyl groups excluding tert-OH is 2. The Kier molecular flexibility index (Phi) is 11.1. The van der Waals surface area contributed by atoms with Crippen LogP contribution in [0.4, 0.5) is 26.3 Å². The first kappa shape index (κ1) is 35.5. The average Bonchev–Trinajstić information content (AvgIpc) is 3.58. The molecular formula is C28H28F6N4O6. The fraction of sp³-hybridized carbons (Fsp3) is 0.286. The number of esters is 1. The summed E-state index contributed by atoms with van der Waals surface area (Å²) in [5.74, 6) is -2.35. The van der Waals surface area contributed by atoms with Gasteiger partial charge >= 0.3 is 24.3 Å². The molecule has 2 aromatic heterocycles. The van der Waals surface area contributed by atoms with Crippen molar-refractivity contribution in [3.05, 3.63) is 81.7 Å². The van der Waals surface area contributed by atoms with Crippen LogP contribution in [0, 0.1) is 13.8 Å². The first-order valence-electron chi connectivity index (χ1n) is 12.1. The van der Waals surface area contributed by atoms with Crippen LogP contribution in [0.3, 0.4) is 0 Å². The van der Waals surface area contributed by atoms with E-state index in [9.17, 15) is 35.9 Å². The summed E-state index contributed by atoms with van der Waals surface area (Å²) < 4.78 is 82.9. The molecule has 0 amide bonds. The monoisotopic (exact) mass is 630 g/mol. The molecule has 0 radical (unpaired) electrons. The summed E-state index contributed by atoms with van der Waals surface area (Å²) in [6, 6.07) is 8.09. The van der Waals surface area contributed by atoms with Crippen molar-refractivity contribution in [2.75, 3.05) is 7.11 Å². The van der Waals surface area contributed by atoms with E-state index >= 15 is 0 Å². The van der Waals surface area contributed by atoms with Gasteiger partial charge in [-0.2, -0.15) is 26.3 Å². The van der Waals surface area contributed by atoms with Gasteiger partial charge in [-0.15, -0.1) is 0 Å². The maximum atomic E-state index is 13.1. The number of carbonyl (C=O) groups excluding carboxylic acids is 1. The Morgan fingerprint density at radius 2 is 1.16 bits per heavy atom. The molecule has 0 bridgehead atoms. The van der Waals surface area contributed by atoms with Gasteiger partial charge in [0.2, 0.25) is 0 Å². The number of aromatic nitrogens is 4. The normalized spacial score (nSPS) is 11.3. The summed E-state index contributed by atoms with van der Waals surface area (Å²) in [5.41, 5.74) is -1.84. The number of carbonyl (C=O) groups is 2. The van der Waals surface area contributed by atoms with Crippen molar-refractivity contribution < 1.29 is 56.0 Å². The van der Waals surface area contributed by atoms with Crippen LogP contribution in [0.25, 0.3) is 22.5 Å². The van der Waals surface area contributed by atoms with Crippen LogP contribution in [0.5, 0.6) is 0 Å². The number of aryl methyl sites for hydroxylation is 2. The zero-order valence-electron chi connectivity index (χ0n) is 22.6. The number of ether oxygens (including phenoxy) is 1. The second-order valence-corrected chi connectivity index (χ2v) is 8.98. The lowest BCUT2D eigenvalue weighted by molar-refractivity contribution is -0.141. The van der Waals surface area contributed by atoms with Gasteiger partial charge in [0.05, 0.1) is 18.2 Å². The Morgan fingerprint density at radius 3 is 1.50 bits per heavy atom. The van der Waals surface area contributed by atoms with Crippen molar-refractivity contribution in [3.63, 3.8) is 0 Å². The minimum atomic E-state index is -4.69. The van der Waals surface area contributed by atoms with E-state index in [4.69, 9.17) is 15.3 Å². The van der Waals surface area contributed by atoms with Crippen LogP contribution in [-0.4, -0.2) is 54.3 Å². The van der Waals surface area contributed by atoms with Crippen molar-refractivity contribution >= 4 is 11.9 Å². The first-order chi connectivity index (χ1) is 20.0. The molecule has 2 heterocycles. The first-order valence-corrected chi connectivity index (χ1v) is 12.1. The number of hydrogen-bond acceptors (Lipinski definition) is 7. The van der Waals surface area contributed by atoms with Crippen molar-refractivity contribution in [2.24, 2.45) is 0 Å². The molecule has 0 aliphatic carbocycles. The molecule has 2 aromatic carbocycles. The highest BCUT2D eigenvalue weighted by atomic mass is 19.4.